The van der Waals surface area contributed by atoms with E-state index in [-0.39, 0.29) is 14.5 Å². The number of hydrogen-bond donors (Lipinski definition) is 0. The zero-order valence-corrected chi connectivity index (χ0v) is 43.8. The van der Waals surface area contributed by atoms with E-state index in [0.29, 0.717) is 0 Å². The van der Waals surface area contributed by atoms with Crippen LogP contribution in [0.5, 0.6) is 0 Å². The summed E-state index contributed by atoms with van der Waals surface area (Å²) < 4.78 is 2.86. The number of fused-ring (bicyclic) bond motifs is 7. The summed E-state index contributed by atoms with van der Waals surface area (Å²) in [5.74, 6) is 0. The number of hydrogen-bond acceptors (Lipinski definition) is 0. The van der Waals surface area contributed by atoms with E-state index in [0.717, 1.165) is 0 Å². The first-order valence-corrected chi connectivity index (χ1v) is 28.3. The third kappa shape index (κ3) is 7.74. The first-order valence-electron chi connectivity index (χ1n) is 26.6. The predicted octanol–water partition coefficient (Wildman–Crippen LogP) is 21.0. The van der Waals surface area contributed by atoms with Crippen LogP contribution in [0.2, 0.25) is 0 Å². The van der Waals surface area contributed by atoms with Gasteiger partial charge in [0, 0.05) is 0 Å². The molecule has 0 aliphatic carbocycles. The molecule has 1 heterocycles. The molecule has 15 aromatic rings. The molecule has 0 aliphatic heterocycles. The van der Waals surface area contributed by atoms with Crippen molar-refractivity contribution in [2.75, 3.05) is 0 Å². The summed E-state index contributed by atoms with van der Waals surface area (Å²) in [6.07, 6.45) is 0. The zero-order valence-electron chi connectivity index (χ0n) is 42.1. The third-order valence-corrected chi connectivity index (χ3v) is 18.1. The predicted molar refractivity (Wildman–Crippen MR) is 332 cm³/mol. The first kappa shape index (κ1) is 45.1. The Hall–Kier alpha value is -9.36. The minimum atomic E-state index is 0.102. The monoisotopic (exact) mass is 1040 g/mol. The number of rotatable bonds is 8. The van der Waals surface area contributed by atoms with E-state index in [4.69, 9.17) is 0 Å². The fraction of sp³-hybridized carbons (Fsp3) is 0. The quantitative estimate of drug-likeness (QED) is 0.105. The van der Waals surface area contributed by atoms with Crippen LogP contribution in [0.4, 0.5) is 0 Å². The Balaban J connectivity index is 0.922. The molecular weight excluding hydrogens is 992 g/mol. The van der Waals surface area contributed by atoms with Crippen LogP contribution in [0.3, 0.4) is 0 Å². The molecule has 1 aromatic heterocycles. The van der Waals surface area contributed by atoms with Gasteiger partial charge in [-0.1, -0.05) is 72.8 Å². The van der Waals surface area contributed by atoms with Crippen molar-refractivity contribution < 1.29 is 0 Å². The van der Waals surface area contributed by atoms with Crippen LogP contribution in [0.25, 0.3) is 151 Å². The Kier molecular flexibility index (Phi) is 11.0. The van der Waals surface area contributed by atoms with E-state index < -0.39 is 0 Å². The molecule has 0 fully saturated rings. The average molecular weight is 1040 g/mol. The van der Waals surface area contributed by atoms with Crippen molar-refractivity contribution in [3.05, 3.63) is 291 Å². The number of benzene rings is 14. The molecule has 0 bridgehead atoms. The summed E-state index contributed by atoms with van der Waals surface area (Å²) in [7, 11) is 0. The van der Waals surface area contributed by atoms with Crippen molar-refractivity contribution in [3.8, 4) is 89.0 Å². The summed E-state index contributed by atoms with van der Waals surface area (Å²) in [6, 6.07) is 108. The Morgan fingerprint density at radius 2 is 0.481 bits per heavy atom. The summed E-state index contributed by atoms with van der Waals surface area (Å²) in [6.45, 7) is 0. The van der Waals surface area contributed by atoms with Crippen LogP contribution >= 0.6 is 0 Å². The first-order chi connectivity index (χ1) is 38.2. The average Bonchev–Trinajstić information content (AvgIpc) is 4.13. The van der Waals surface area contributed by atoms with Crippen LogP contribution < -0.4 is 0 Å². The molecule has 0 nitrogen and oxygen atoms in total. The second kappa shape index (κ2) is 18.8. The second-order valence-corrected chi connectivity index (χ2v) is 22.5. The van der Waals surface area contributed by atoms with Crippen molar-refractivity contribution in [2.24, 2.45) is 0 Å². The van der Waals surface area contributed by atoms with Crippen LogP contribution in [-0.4, -0.2) is 14.5 Å². The normalized spacial score (nSPS) is 11.6. The molecule has 77 heavy (non-hydrogen) atoms. The Morgan fingerprint density at radius 1 is 0.169 bits per heavy atom. The molecule has 0 amide bonds. The van der Waals surface area contributed by atoms with E-state index in [1.54, 1.807) is 0 Å². The van der Waals surface area contributed by atoms with Gasteiger partial charge in [-0.25, -0.2) is 0 Å². The van der Waals surface area contributed by atoms with Gasteiger partial charge in [-0.15, -0.1) is 0 Å². The Labute approximate surface area is 454 Å². The van der Waals surface area contributed by atoms with Gasteiger partial charge in [-0.05, 0) is 0 Å². The Bertz CT molecular complexity index is 4530. The molecule has 0 N–H and O–H groups in total. The minimum absolute atomic E-state index is 0.102. The van der Waals surface area contributed by atoms with E-state index in [1.807, 2.05) is 0 Å². The maximum absolute atomic E-state index is 2.53. The van der Waals surface area contributed by atoms with Crippen LogP contribution in [0.15, 0.2) is 291 Å². The summed E-state index contributed by atoms with van der Waals surface area (Å²) in [4.78, 5) is 0. The zero-order chi connectivity index (χ0) is 50.8. The van der Waals surface area contributed by atoms with Gasteiger partial charge in [0.15, 0.2) is 0 Å². The van der Waals surface area contributed by atoms with E-state index in [1.165, 1.54) is 151 Å². The van der Waals surface area contributed by atoms with Gasteiger partial charge in [-0.3, -0.25) is 0 Å². The fourth-order valence-corrected chi connectivity index (χ4v) is 14.9. The molecule has 0 unspecified atom stereocenters. The van der Waals surface area contributed by atoms with Crippen LogP contribution in [-0.2, 0) is 0 Å². The summed E-state index contributed by atoms with van der Waals surface area (Å²) in [5, 5.41) is 12.8. The molecule has 0 saturated heterocycles. The Morgan fingerprint density at radius 3 is 0.844 bits per heavy atom. The standard InChI is InChI=1S/C76H48Se/c1-5-22-49(23-6-1)54-42-55(50-24-7-2-8-25-50)45-58(44-54)73-62-32-15-13-30-60(62)72(61-31-14-16-33-63(61)73)53-40-41-68-71(48-53)77-70-39-21-38-69(76(68)70)75-66-36-19-17-34-64(66)74(65-35-18-20-37-67(65)75)59-46-56(51-26-9-3-10-27-51)43-57(47-59)52-28-11-4-12-29-52/h1-48H. The van der Waals surface area contributed by atoms with Crippen molar-refractivity contribution in [2.45, 2.75) is 0 Å². The summed E-state index contributed by atoms with van der Waals surface area (Å²) in [5.41, 5.74) is 19.8. The molecule has 0 saturated carbocycles. The van der Waals surface area contributed by atoms with Gasteiger partial charge in [0.1, 0.15) is 0 Å². The van der Waals surface area contributed by atoms with Gasteiger partial charge in [0.2, 0.25) is 0 Å². The van der Waals surface area contributed by atoms with Gasteiger partial charge < -0.3 is 0 Å². The van der Waals surface area contributed by atoms with E-state index >= 15 is 0 Å². The molecular formula is C76H48Se. The SMILES string of the molecule is c1ccc(-c2cc(-c3ccccc3)cc(-c3c4ccccc4c(-c4ccc5c(c4)[se]c4cccc(-c6c7ccccc7c(-c7cc(-c8ccccc8)cc(-c8ccccc8)c7)c7ccccc67)c45)c4ccccc34)c2)cc1. The molecule has 0 spiro atoms. The third-order valence-electron chi connectivity index (χ3n) is 15.8. The van der Waals surface area contributed by atoms with Gasteiger partial charge in [0.05, 0.1) is 0 Å². The smallest absolute Gasteiger partial charge is 0.0617 e. The molecule has 15 rings (SSSR count). The molecule has 358 valence electrons. The molecule has 0 atom stereocenters. The topological polar surface area (TPSA) is 0 Å². The summed E-state index contributed by atoms with van der Waals surface area (Å²) >= 11 is 0.102. The van der Waals surface area contributed by atoms with E-state index in [2.05, 4.69) is 291 Å². The van der Waals surface area contributed by atoms with Crippen molar-refractivity contribution in [1.82, 2.24) is 0 Å². The maximum atomic E-state index is 2.53. The fourth-order valence-electron chi connectivity index (χ4n) is 12.4. The van der Waals surface area contributed by atoms with Crippen molar-refractivity contribution in [1.29, 1.82) is 0 Å². The molecule has 1 heteroatoms. The minimum Gasteiger partial charge on any atom is -0.0617 e. The molecule has 14 aromatic carbocycles. The van der Waals surface area contributed by atoms with Crippen molar-refractivity contribution >= 4 is 76.9 Å². The van der Waals surface area contributed by atoms with Gasteiger partial charge >= 0.3 is 384 Å². The van der Waals surface area contributed by atoms with E-state index in [9.17, 15) is 0 Å². The second-order valence-electron chi connectivity index (χ2n) is 20.2. The van der Waals surface area contributed by atoms with Gasteiger partial charge in [0.25, 0.3) is 0 Å². The van der Waals surface area contributed by atoms with Crippen LogP contribution in [0, 0.1) is 0 Å². The molecule has 0 aliphatic rings. The van der Waals surface area contributed by atoms with Gasteiger partial charge in [-0.2, -0.15) is 0 Å². The van der Waals surface area contributed by atoms with Crippen LogP contribution in [0.1, 0.15) is 0 Å². The van der Waals surface area contributed by atoms with Crippen molar-refractivity contribution in [3.63, 3.8) is 0 Å². The molecule has 0 radical (unpaired) electrons.